The Kier molecular flexibility index (Phi) is 8.57. The number of thioether (sulfide) groups is 1. The number of benzene rings is 2. The van der Waals surface area contributed by atoms with E-state index in [-0.39, 0.29) is 33.7 Å². The van der Waals surface area contributed by atoms with Gasteiger partial charge in [-0.1, -0.05) is 35.3 Å². The maximum Gasteiger partial charge on any atom is 0.242 e. The topological polar surface area (TPSA) is 75.3 Å². The first-order valence-corrected chi connectivity index (χ1v) is 11.8. The first kappa shape index (κ1) is 23.0. The van der Waals surface area contributed by atoms with Crippen molar-refractivity contribution < 1.29 is 17.6 Å². The highest BCUT2D eigenvalue weighted by molar-refractivity contribution is 7.98. The molecule has 5 nitrogen and oxygen atoms in total. The van der Waals surface area contributed by atoms with E-state index in [1.807, 2.05) is 6.26 Å². The highest BCUT2D eigenvalue weighted by atomic mass is 35.5. The van der Waals surface area contributed by atoms with Crippen molar-refractivity contribution >= 4 is 50.9 Å². The zero-order valence-electron chi connectivity index (χ0n) is 14.9. The van der Waals surface area contributed by atoms with Gasteiger partial charge in [0.25, 0.3) is 0 Å². The van der Waals surface area contributed by atoms with Gasteiger partial charge in [-0.25, -0.2) is 12.8 Å². The van der Waals surface area contributed by atoms with Gasteiger partial charge < -0.3 is 5.32 Å². The lowest BCUT2D eigenvalue weighted by atomic mass is 10.2. The van der Waals surface area contributed by atoms with Crippen LogP contribution in [0.25, 0.3) is 0 Å². The van der Waals surface area contributed by atoms with Crippen LogP contribution >= 0.6 is 35.0 Å². The minimum atomic E-state index is -4.06. The number of halogens is 3. The van der Waals surface area contributed by atoms with Crippen LogP contribution in [-0.2, 0) is 21.4 Å². The Morgan fingerprint density at radius 2 is 1.86 bits per heavy atom. The van der Waals surface area contributed by atoms with Crippen LogP contribution in [0.2, 0.25) is 10.0 Å². The number of sulfonamides is 1. The molecule has 10 heteroatoms. The summed E-state index contributed by atoms with van der Waals surface area (Å²) in [5, 5.41) is 2.89. The molecule has 2 aromatic rings. The van der Waals surface area contributed by atoms with Gasteiger partial charge in [0.1, 0.15) is 16.8 Å². The van der Waals surface area contributed by atoms with Crippen molar-refractivity contribution in [2.75, 3.05) is 12.0 Å². The largest absolute Gasteiger partial charge is 0.351 e. The zero-order valence-corrected chi connectivity index (χ0v) is 18.1. The van der Waals surface area contributed by atoms with Crippen LogP contribution in [0.1, 0.15) is 12.0 Å². The lowest BCUT2D eigenvalue weighted by molar-refractivity contribution is -0.122. The van der Waals surface area contributed by atoms with Gasteiger partial charge in [-0.3, -0.25) is 4.79 Å². The summed E-state index contributed by atoms with van der Waals surface area (Å²) in [6, 6.07) is 8.76. The average Bonchev–Trinajstić information content (AvgIpc) is 2.66. The summed E-state index contributed by atoms with van der Waals surface area (Å²) in [6.07, 6.45) is 2.14. The first-order chi connectivity index (χ1) is 13.2. The van der Waals surface area contributed by atoms with Crippen LogP contribution in [0.3, 0.4) is 0 Å². The minimum Gasteiger partial charge on any atom is -0.351 e. The molecule has 28 heavy (non-hydrogen) atoms. The van der Waals surface area contributed by atoms with Crippen molar-refractivity contribution in [3.05, 3.63) is 63.9 Å². The van der Waals surface area contributed by atoms with Crippen molar-refractivity contribution in [1.29, 1.82) is 0 Å². The molecular formula is C18H19Cl2FN2O3S2. The number of carbonyl (C=O) groups excluding carboxylic acids is 1. The highest BCUT2D eigenvalue weighted by Gasteiger charge is 2.27. The minimum absolute atomic E-state index is 0.00670. The standard InChI is InChI=1S/C18H19Cl2FN2O3S2/c1-27-9-8-16(18(24)22-11-12-2-5-14(21)6-3-12)23-28(25,26)17-10-13(19)4-7-15(17)20/h2-7,10,16,23H,8-9,11H2,1H3,(H,22,24). The van der Waals surface area contributed by atoms with Crippen LogP contribution < -0.4 is 10.0 Å². The van der Waals surface area contributed by atoms with Crippen molar-refractivity contribution in [2.45, 2.75) is 23.9 Å². The maximum atomic E-state index is 13.0. The van der Waals surface area contributed by atoms with Gasteiger partial charge in [0.05, 0.1) is 5.02 Å². The fraction of sp³-hybridized carbons (Fsp3) is 0.278. The van der Waals surface area contributed by atoms with Gasteiger partial charge in [-0.15, -0.1) is 0 Å². The molecular weight excluding hydrogens is 446 g/mol. The normalized spacial score (nSPS) is 12.6. The van der Waals surface area contributed by atoms with Crippen LogP contribution in [0.5, 0.6) is 0 Å². The Labute approximate surface area is 178 Å². The first-order valence-electron chi connectivity index (χ1n) is 8.21. The fourth-order valence-corrected chi connectivity index (χ4v) is 4.79. The molecule has 0 aromatic heterocycles. The van der Waals surface area contributed by atoms with Gasteiger partial charge in [0.15, 0.2) is 0 Å². The van der Waals surface area contributed by atoms with Gasteiger partial charge in [0, 0.05) is 11.6 Å². The fourth-order valence-electron chi connectivity index (χ4n) is 2.33. The summed E-state index contributed by atoms with van der Waals surface area (Å²) < 4.78 is 40.8. The van der Waals surface area contributed by atoms with E-state index in [9.17, 15) is 17.6 Å². The van der Waals surface area contributed by atoms with Crippen molar-refractivity contribution in [3.63, 3.8) is 0 Å². The molecule has 0 aliphatic rings. The van der Waals surface area contributed by atoms with E-state index in [1.54, 1.807) is 12.1 Å². The lowest BCUT2D eigenvalue weighted by Gasteiger charge is -2.19. The molecule has 0 heterocycles. The molecule has 1 unspecified atom stereocenters. The number of hydrogen-bond acceptors (Lipinski definition) is 4. The van der Waals surface area contributed by atoms with Crippen molar-refractivity contribution in [3.8, 4) is 0 Å². The van der Waals surface area contributed by atoms with Gasteiger partial charge in [0.2, 0.25) is 15.9 Å². The van der Waals surface area contributed by atoms with Crippen molar-refractivity contribution in [2.24, 2.45) is 0 Å². The van der Waals surface area contributed by atoms with E-state index < -0.39 is 22.0 Å². The van der Waals surface area contributed by atoms with Crippen LogP contribution in [0, 0.1) is 5.82 Å². The number of rotatable bonds is 9. The smallest absolute Gasteiger partial charge is 0.242 e. The summed E-state index contributed by atoms with van der Waals surface area (Å²) in [4.78, 5) is 12.4. The third-order valence-electron chi connectivity index (χ3n) is 3.79. The molecule has 2 N–H and O–H groups in total. The van der Waals surface area contributed by atoms with E-state index >= 15 is 0 Å². The third kappa shape index (κ3) is 6.63. The summed E-state index contributed by atoms with van der Waals surface area (Å²) in [6.45, 7) is 0.147. The van der Waals surface area contributed by atoms with E-state index in [1.165, 1.54) is 42.1 Å². The van der Waals surface area contributed by atoms with E-state index in [0.29, 0.717) is 11.3 Å². The molecule has 0 saturated heterocycles. The Hall–Kier alpha value is -1.32. The predicted molar refractivity (Wildman–Crippen MR) is 112 cm³/mol. The summed E-state index contributed by atoms with van der Waals surface area (Å²) in [5.41, 5.74) is 0.694. The molecule has 0 fully saturated rings. The maximum absolute atomic E-state index is 13.0. The molecule has 0 saturated carbocycles. The predicted octanol–water partition coefficient (Wildman–Crippen LogP) is 3.85. The van der Waals surface area contributed by atoms with E-state index in [2.05, 4.69) is 10.0 Å². The van der Waals surface area contributed by atoms with Crippen LogP contribution in [-0.4, -0.2) is 32.4 Å². The second-order valence-electron chi connectivity index (χ2n) is 5.87. The van der Waals surface area contributed by atoms with Gasteiger partial charge in [-0.05, 0) is 54.3 Å². The van der Waals surface area contributed by atoms with Gasteiger partial charge in [-0.2, -0.15) is 16.5 Å². The quantitative estimate of drug-likeness (QED) is 0.590. The molecule has 2 aromatic carbocycles. The SMILES string of the molecule is CSCCC(NS(=O)(=O)c1cc(Cl)ccc1Cl)C(=O)NCc1ccc(F)cc1. The molecule has 0 aliphatic carbocycles. The molecule has 2 rings (SSSR count). The average molecular weight is 465 g/mol. The second-order valence-corrected chi connectivity index (χ2v) is 9.39. The number of hydrogen-bond donors (Lipinski definition) is 2. The monoisotopic (exact) mass is 464 g/mol. The number of nitrogens with one attached hydrogen (secondary N) is 2. The Morgan fingerprint density at radius 1 is 1.18 bits per heavy atom. The Morgan fingerprint density at radius 3 is 2.50 bits per heavy atom. The molecule has 152 valence electrons. The molecule has 0 spiro atoms. The summed E-state index contributed by atoms with van der Waals surface area (Å²) in [7, 11) is -4.06. The third-order valence-corrected chi connectivity index (χ3v) is 6.62. The Balaban J connectivity index is 2.14. The highest BCUT2D eigenvalue weighted by Crippen LogP contribution is 2.25. The van der Waals surface area contributed by atoms with Crippen molar-refractivity contribution in [1.82, 2.24) is 10.0 Å². The molecule has 1 atom stereocenters. The number of amides is 1. The molecule has 0 bridgehead atoms. The van der Waals surface area contributed by atoms with Crippen LogP contribution in [0.4, 0.5) is 4.39 Å². The Bertz CT molecular complexity index is 925. The summed E-state index contributed by atoms with van der Waals surface area (Å²) >= 11 is 13.4. The molecule has 0 radical (unpaired) electrons. The zero-order chi connectivity index (χ0) is 20.7. The molecule has 1 amide bonds. The van der Waals surface area contributed by atoms with Crippen LogP contribution in [0.15, 0.2) is 47.4 Å². The van der Waals surface area contributed by atoms with Gasteiger partial charge >= 0.3 is 0 Å². The van der Waals surface area contributed by atoms with E-state index in [4.69, 9.17) is 23.2 Å². The second kappa shape index (κ2) is 10.5. The summed E-state index contributed by atoms with van der Waals surface area (Å²) in [5.74, 6) is -0.292. The van der Waals surface area contributed by atoms with E-state index in [0.717, 1.165) is 0 Å². The number of carbonyl (C=O) groups is 1. The molecule has 0 aliphatic heterocycles. The lowest BCUT2D eigenvalue weighted by Crippen LogP contribution is -2.46.